The maximum Gasteiger partial charge on any atom is 0.0593 e. The normalized spacial score (nSPS) is 18.3. The van der Waals surface area contributed by atoms with Crippen molar-refractivity contribution in [3.8, 4) is 0 Å². The predicted molar refractivity (Wildman–Crippen MR) is 98.2 cm³/mol. The van der Waals surface area contributed by atoms with Crippen LogP contribution in [0, 0.1) is 12.8 Å². The Bertz CT molecular complexity index is 669. The summed E-state index contributed by atoms with van der Waals surface area (Å²) in [5, 5.41) is 4.49. The van der Waals surface area contributed by atoms with Crippen LogP contribution in [0.5, 0.6) is 0 Å². The van der Waals surface area contributed by atoms with Gasteiger partial charge in [-0.05, 0) is 39.2 Å². The van der Waals surface area contributed by atoms with Crippen molar-refractivity contribution in [3.05, 3.63) is 47.5 Å². The van der Waals surface area contributed by atoms with E-state index >= 15 is 0 Å². The molecule has 1 aliphatic rings. The second-order valence-corrected chi connectivity index (χ2v) is 7.19. The summed E-state index contributed by atoms with van der Waals surface area (Å²) >= 11 is 0. The van der Waals surface area contributed by atoms with E-state index in [1.54, 1.807) is 0 Å². The Hall–Kier alpha value is -1.76. The molecule has 1 unspecified atom stereocenters. The van der Waals surface area contributed by atoms with E-state index in [2.05, 4.69) is 56.9 Å². The number of fused-ring (bicyclic) bond motifs is 1. The summed E-state index contributed by atoms with van der Waals surface area (Å²) in [4.78, 5) is 9.27. The molecule has 6 heteroatoms. The molecule has 0 aliphatic carbocycles. The highest BCUT2D eigenvalue weighted by molar-refractivity contribution is 5.10. The third-order valence-electron chi connectivity index (χ3n) is 4.51. The molecular formula is C19H29N5O. The molecule has 0 N–H and O–H groups in total. The molecule has 25 heavy (non-hydrogen) atoms. The number of hydrogen-bond donors (Lipinski definition) is 0. The van der Waals surface area contributed by atoms with Crippen molar-refractivity contribution in [2.45, 2.75) is 26.6 Å². The molecule has 0 aromatic carbocycles. The highest BCUT2D eigenvalue weighted by Crippen LogP contribution is 2.18. The van der Waals surface area contributed by atoms with E-state index in [1.165, 1.54) is 5.69 Å². The molecule has 1 atom stereocenters. The number of aromatic nitrogens is 3. The fourth-order valence-electron chi connectivity index (χ4n) is 3.26. The van der Waals surface area contributed by atoms with E-state index in [1.807, 2.05) is 19.2 Å². The first-order valence-electron chi connectivity index (χ1n) is 8.98. The summed E-state index contributed by atoms with van der Waals surface area (Å²) in [6.45, 7) is 8.23. The number of nitrogens with zero attached hydrogens (tertiary/aromatic N) is 5. The van der Waals surface area contributed by atoms with Crippen molar-refractivity contribution >= 4 is 0 Å². The fourth-order valence-corrected chi connectivity index (χ4v) is 3.26. The van der Waals surface area contributed by atoms with Gasteiger partial charge in [0.2, 0.25) is 0 Å². The first-order chi connectivity index (χ1) is 12.1. The number of pyridine rings is 1. The lowest BCUT2D eigenvalue weighted by Gasteiger charge is -2.24. The van der Waals surface area contributed by atoms with Crippen LogP contribution in [0.3, 0.4) is 0 Å². The van der Waals surface area contributed by atoms with Crippen LogP contribution in [0.4, 0.5) is 0 Å². The summed E-state index contributed by atoms with van der Waals surface area (Å²) in [6.07, 6.45) is 1.90. The first kappa shape index (κ1) is 18.0. The van der Waals surface area contributed by atoms with E-state index in [-0.39, 0.29) is 0 Å². The smallest absolute Gasteiger partial charge is 0.0593 e. The molecule has 0 fully saturated rings. The molecule has 0 amide bonds. The average Bonchev–Trinajstić information content (AvgIpc) is 2.91. The van der Waals surface area contributed by atoms with Crippen LogP contribution in [0.1, 0.15) is 17.1 Å². The Morgan fingerprint density at radius 2 is 2.12 bits per heavy atom. The first-order valence-corrected chi connectivity index (χ1v) is 8.98. The van der Waals surface area contributed by atoms with Crippen molar-refractivity contribution in [1.29, 1.82) is 0 Å². The number of hydrogen-bond acceptors (Lipinski definition) is 5. The van der Waals surface area contributed by atoms with Crippen molar-refractivity contribution in [3.63, 3.8) is 0 Å². The minimum absolute atomic E-state index is 0.438. The van der Waals surface area contributed by atoms with E-state index in [9.17, 15) is 0 Å². The Morgan fingerprint density at radius 1 is 1.24 bits per heavy atom. The molecule has 136 valence electrons. The summed E-state index contributed by atoms with van der Waals surface area (Å²) in [5.74, 6) is 0.438. The van der Waals surface area contributed by atoms with E-state index in [0.29, 0.717) is 5.92 Å². The van der Waals surface area contributed by atoms with Crippen molar-refractivity contribution in [1.82, 2.24) is 24.6 Å². The molecule has 2 aromatic rings. The lowest BCUT2D eigenvalue weighted by Crippen LogP contribution is -2.31. The molecule has 0 bridgehead atoms. The molecule has 6 nitrogen and oxygen atoms in total. The van der Waals surface area contributed by atoms with E-state index < -0.39 is 0 Å². The van der Waals surface area contributed by atoms with Crippen LogP contribution < -0.4 is 0 Å². The predicted octanol–water partition coefficient (Wildman–Crippen LogP) is 1.80. The number of aryl methyl sites for hydroxylation is 1. The van der Waals surface area contributed by atoms with Crippen molar-refractivity contribution < 1.29 is 4.74 Å². The van der Waals surface area contributed by atoms with Gasteiger partial charge in [0.1, 0.15) is 0 Å². The number of likely N-dealkylation sites (N-methyl/N-ethyl adjacent to an activating group) is 1. The van der Waals surface area contributed by atoms with Gasteiger partial charge in [0, 0.05) is 50.5 Å². The molecule has 0 saturated carbocycles. The minimum Gasteiger partial charge on any atom is -0.380 e. The Morgan fingerprint density at radius 3 is 2.92 bits per heavy atom. The van der Waals surface area contributed by atoms with E-state index in [4.69, 9.17) is 4.74 Å². The van der Waals surface area contributed by atoms with Gasteiger partial charge in [-0.25, -0.2) is 0 Å². The van der Waals surface area contributed by atoms with Crippen LogP contribution in [0.2, 0.25) is 0 Å². The van der Waals surface area contributed by atoms with Crippen LogP contribution in [-0.4, -0.2) is 65.0 Å². The van der Waals surface area contributed by atoms with Gasteiger partial charge in [-0.1, -0.05) is 6.07 Å². The van der Waals surface area contributed by atoms with Gasteiger partial charge < -0.3 is 9.64 Å². The second kappa shape index (κ2) is 8.56. The quantitative estimate of drug-likeness (QED) is 0.718. The van der Waals surface area contributed by atoms with Gasteiger partial charge in [-0.15, -0.1) is 0 Å². The van der Waals surface area contributed by atoms with Gasteiger partial charge in [-0.3, -0.25) is 14.6 Å². The highest BCUT2D eigenvalue weighted by Gasteiger charge is 2.23. The highest BCUT2D eigenvalue weighted by atomic mass is 16.5. The summed E-state index contributed by atoms with van der Waals surface area (Å²) in [6, 6.07) is 8.35. The fraction of sp³-hybridized carbons (Fsp3) is 0.579. The monoisotopic (exact) mass is 343 g/mol. The molecule has 0 spiro atoms. The van der Waals surface area contributed by atoms with Gasteiger partial charge in [0.05, 0.1) is 24.6 Å². The molecule has 0 saturated heterocycles. The molecule has 1 aliphatic heterocycles. The molecule has 0 radical (unpaired) electrons. The van der Waals surface area contributed by atoms with Gasteiger partial charge >= 0.3 is 0 Å². The number of ether oxygens (including phenoxy) is 1. The van der Waals surface area contributed by atoms with Crippen LogP contribution >= 0.6 is 0 Å². The standard InChI is InChI=1S/C19H29N5O/c1-16-5-4-6-18(21-16)13-23-11-17(15-25-10-9-22(2)3)12-24-19(14-23)7-8-20-24/h4-8,17H,9-15H2,1-3H3. The summed E-state index contributed by atoms with van der Waals surface area (Å²) < 4.78 is 8.05. The third-order valence-corrected chi connectivity index (χ3v) is 4.51. The molecule has 3 rings (SSSR count). The Labute approximate surface area is 150 Å². The van der Waals surface area contributed by atoms with Gasteiger partial charge in [0.15, 0.2) is 0 Å². The number of rotatable bonds is 7. The molecule has 3 heterocycles. The van der Waals surface area contributed by atoms with Gasteiger partial charge in [-0.2, -0.15) is 5.10 Å². The topological polar surface area (TPSA) is 46.4 Å². The summed E-state index contributed by atoms with van der Waals surface area (Å²) in [7, 11) is 4.14. The average molecular weight is 343 g/mol. The zero-order chi connectivity index (χ0) is 17.6. The summed E-state index contributed by atoms with van der Waals surface area (Å²) in [5.41, 5.74) is 3.46. The van der Waals surface area contributed by atoms with Crippen LogP contribution in [-0.2, 0) is 24.4 Å². The minimum atomic E-state index is 0.438. The van der Waals surface area contributed by atoms with E-state index in [0.717, 1.165) is 57.3 Å². The lowest BCUT2D eigenvalue weighted by atomic mass is 10.1. The molecule has 2 aromatic heterocycles. The van der Waals surface area contributed by atoms with Gasteiger partial charge in [0.25, 0.3) is 0 Å². The van der Waals surface area contributed by atoms with Crippen LogP contribution in [0.25, 0.3) is 0 Å². The lowest BCUT2D eigenvalue weighted by molar-refractivity contribution is 0.0671. The van der Waals surface area contributed by atoms with Crippen molar-refractivity contribution in [2.24, 2.45) is 5.92 Å². The SMILES string of the molecule is Cc1cccc(CN2Cc3ccnn3CC(COCCN(C)C)C2)n1. The maximum atomic E-state index is 5.92. The van der Waals surface area contributed by atoms with Crippen molar-refractivity contribution in [2.75, 3.05) is 40.4 Å². The van der Waals surface area contributed by atoms with Crippen LogP contribution in [0.15, 0.2) is 30.5 Å². The third kappa shape index (κ3) is 5.36. The Balaban J connectivity index is 1.64. The second-order valence-electron chi connectivity index (χ2n) is 7.19. The maximum absolute atomic E-state index is 5.92. The Kier molecular flexibility index (Phi) is 6.18. The zero-order valence-corrected chi connectivity index (χ0v) is 15.6. The largest absolute Gasteiger partial charge is 0.380 e. The molecular weight excluding hydrogens is 314 g/mol. The zero-order valence-electron chi connectivity index (χ0n) is 15.6.